The van der Waals surface area contributed by atoms with Crippen molar-refractivity contribution in [3.63, 3.8) is 0 Å². The Bertz CT molecular complexity index is 916. The molecule has 0 saturated heterocycles. The zero-order valence-corrected chi connectivity index (χ0v) is 18.4. The molecule has 0 aliphatic heterocycles. The van der Waals surface area contributed by atoms with Crippen LogP contribution in [0.3, 0.4) is 0 Å². The van der Waals surface area contributed by atoms with E-state index in [4.69, 9.17) is 4.98 Å². The lowest BCUT2D eigenvalue weighted by Gasteiger charge is -2.15. The van der Waals surface area contributed by atoms with Gasteiger partial charge in [0.25, 0.3) is 5.56 Å². The first kappa shape index (κ1) is 21.1. The number of amides is 1. The number of thiophene rings is 1. The number of carbonyl (C=O) groups is 1. The Kier molecular flexibility index (Phi) is 7.35. The molecule has 1 N–H and O–H groups in total. The number of hydrogen-bond acceptors (Lipinski definition) is 5. The number of unbranched alkanes of at least 4 members (excludes halogenated alkanes) is 3. The third-order valence-corrected chi connectivity index (χ3v) is 7.37. The summed E-state index contributed by atoms with van der Waals surface area (Å²) < 4.78 is 1.81. The number of carbonyl (C=O) groups excluding carboxylic acids is 1. The van der Waals surface area contributed by atoms with Gasteiger partial charge in [0.15, 0.2) is 5.16 Å². The van der Waals surface area contributed by atoms with Crippen molar-refractivity contribution < 1.29 is 4.79 Å². The largest absolute Gasteiger partial charge is 0.352 e. The van der Waals surface area contributed by atoms with E-state index in [0.29, 0.717) is 18.2 Å². The maximum atomic E-state index is 13.4. The molecule has 7 heteroatoms. The summed E-state index contributed by atoms with van der Waals surface area (Å²) in [4.78, 5) is 32.6. The molecule has 3 rings (SSSR count). The lowest BCUT2D eigenvalue weighted by molar-refractivity contribution is -0.120. The molecular weight excluding hydrogens is 390 g/mol. The second kappa shape index (κ2) is 9.74. The van der Waals surface area contributed by atoms with Crippen LogP contribution in [0.2, 0.25) is 0 Å². The van der Waals surface area contributed by atoms with Crippen LogP contribution in [-0.2, 0) is 24.2 Å². The topological polar surface area (TPSA) is 64.0 Å². The number of thioether (sulfide) groups is 1. The fourth-order valence-corrected chi connectivity index (χ4v) is 5.83. The van der Waals surface area contributed by atoms with Gasteiger partial charge >= 0.3 is 0 Å². The Morgan fingerprint density at radius 3 is 2.96 bits per heavy atom. The first-order valence-electron chi connectivity index (χ1n) is 10.2. The van der Waals surface area contributed by atoms with Crippen LogP contribution in [0.5, 0.6) is 0 Å². The summed E-state index contributed by atoms with van der Waals surface area (Å²) in [7, 11) is 0. The molecule has 5 nitrogen and oxygen atoms in total. The molecule has 28 heavy (non-hydrogen) atoms. The summed E-state index contributed by atoms with van der Waals surface area (Å²) in [6.07, 6.45) is 9.21. The number of aryl methyl sites for hydroxylation is 2. The predicted molar refractivity (Wildman–Crippen MR) is 119 cm³/mol. The molecule has 2 heterocycles. The summed E-state index contributed by atoms with van der Waals surface area (Å²) in [5, 5.41) is 3.99. The van der Waals surface area contributed by atoms with Crippen molar-refractivity contribution in [1.29, 1.82) is 0 Å². The number of nitrogens with one attached hydrogen (secondary N) is 1. The average Bonchev–Trinajstić information content (AvgIpc) is 3.25. The highest BCUT2D eigenvalue weighted by Gasteiger charge is 2.25. The number of fused-ring (bicyclic) bond motifs is 3. The van der Waals surface area contributed by atoms with Crippen LogP contribution in [0, 0.1) is 0 Å². The highest BCUT2D eigenvalue weighted by atomic mass is 32.2. The Labute approximate surface area is 174 Å². The van der Waals surface area contributed by atoms with E-state index in [1.807, 2.05) is 11.5 Å². The predicted octanol–water partition coefficient (Wildman–Crippen LogP) is 4.31. The minimum atomic E-state index is -0.321. The van der Waals surface area contributed by atoms with Gasteiger partial charge in [0.05, 0.1) is 10.6 Å². The van der Waals surface area contributed by atoms with Gasteiger partial charge in [-0.05, 0) is 38.2 Å². The molecule has 0 saturated carbocycles. The molecule has 1 aliphatic rings. The van der Waals surface area contributed by atoms with Gasteiger partial charge in [-0.1, -0.05) is 44.0 Å². The lowest BCUT2D eigenvalue weighted by atomic mass is 10.2. The van der Waals surface area contributed by atoms with Gasteiger partial charge in [0.2, 0.25) is 5.91 Å². The molecule has 1 atom stereocenters. The molecule has 1 amide bonds. The zero-order valence-electron chi connectivity index (χ0n) is 16.8. The Morgan fingerprint density at radius 2 is 2.21 bits per heavy atom. The number of nitrogens with zero attached hydrogens (tertiary/aromatic N) is 2. The zero-order chi connectivity index (χ0) is 20.1. The molecule has 0 radical (unpaired) electrons. The van der Waals surface area contributed by atoms with E-state index in [9.17, 15) is 9.59 Å². The quantitative estimate of drug-likeness (QED) is 0.270. The van der Waals surface area contributed by atoms with Gasteiger partial charge in [0, 0.05) is 18.0 Å². The standard InChI is InChI=1S/C21H29N3O2S2/c1-4-6-7-8-13-24-20(26)17-15-10-9-11-16(15)28-19(17)23-21(24)27-14(3)18(25)22-12-5-2/h5,14H,2,4,6-13H2,1,3H3,(H,22,25)/t14-/m0/s1. The van der Waals surface area contributed by atoms with Gasteiger partial charge in [-0.25, -0.2) is 4.98 Å². The molecule has 0 unspecified atom stereocenters. The van der Waals surface area contributed by atoms with E-state index < -0.39 is 0 Å². The molecule has 152 valence electrons. The van der Waals surface area contributed by atoms with Crippen LogP contribution < -0.4 is 10.9 Å². The van der Waals surface area contributed by atoms with Crippen molar-refractivity contribution in [3.05, 3.63) is 33.4 Å². The first-order chi connectivity index (χ1) is 13.6. The SMILES string of the molecule is C=CCNC(=O)[C@H](C)Sc1nc2sc3c(c2c(=O)n1CCCCCC)CCC3. The monoisotopic (exact) mass is 419 g/mol. The van der Waals surface area contributed by atoms with Crippen LogP contribution >= 0.6 is 23.1 Å². The normalized spacial score (nSPS) is 14.2. The highest BCUT2D eigenvalue weighted by Crippen LogP contribution is 2.36. The minimum Gasteiger partial charge on any atom is -0.352 e. The van der Waals surface area contributed by atoms with Crippen molar-refractivity contribution in [2.75, 3.05) is 6.54 Å². The van der Waals surface area contributed by atoms with Crippen molar-refractivity contribution >= 4 is 39.2 Å². The summed E-state index contributed by atoms with van der Waals surface area (Å²) in [6, 6.07) is 0. The summed E-state index contributed by atoms with van der Waals surface area (Å²) in [5.74, 6) is -0.0644. The van der Waals surface area contributed by atoms with E-state index >= 15 is 0 Å². The van der Waals surface area contributed by atoms with Crippen molar-refractivity contribution in [2.24, 2.45) is 0 Å². The molecule has 2 aromatic heterocycles. The number of rotatable bonds is 10. The van der Waals surface area contributed by atoms with Gasteiger partial charge in [-0.2, -0.15) is 0 Å². The molecule has 0 spiro atoms. The van der Waals surface area contributed by atoms with E-state index in [2.05, 4.69) is 18.8 Å². The molecule has 0 bridgehead atoms. The maximum Gasteiger partial charge on any atom is 0.263 e. The maximum absolute atomic E-state index is 13.4. The Morgan fingerprint density at radius 1 is 1.39 bits per heavy atom. The van der Waals surface area contributed by atoms with Gasteiger partial charge < -0.3 is 5.32 Å². The molecule has 1 aliphatic carbocycles. The first-order valence-corrected chi connectivity index (χ1v) is 11.9. The van der Waals surface area contributed by atoms with Gasteiger partial charge in [-0.15, -0.1) is 17.9 Å². The number of aromatic nitrogens is 2. The van der Waals surface area contributed by atoms with Crippen molar-refractivity contribution in [3.8, 4) is 0 Å². The lowest BCUT2D eigenvalue weighted by Crippen LogP contribution is -2.32. The molecule has 0 aromatic carbocycles. The molecule has 2 aromatic rings. The summed E-state index contributed by atoms with van der Waals surface area (Å²) in [6.45, 7) is 8.77. The van der Waals surface area contributed by atoms with E-state index in [0.717, 1.165) is 48.7 Å². The summed E-state index contributed by atoms with van der Waals surface area (Å²) >= 11 is 3.03. The van der Waals surface area contributed by atoms with Gasteiger partial charge in [0.1, 0.15) is 4.83 Å². The molecule has 0 fully saturated rings. The fraction of sp³-hybridized carbons (Fsp3) is 0.571. The van der Waals surface area contributed by atoms with E-state index in [1.165, 1.54) is 28.6 Å². The van der Waals surface area contributed by atoms with Crippen LogP contribution in [0.25, 0.3) is 10.2 Å². The van der Waals surface area contributed by atoms with Gasteiger partial charge in [-0.3, -0.25) is 14.2 Å². The van der Waals surface area contributed by atoms with Crippen LogP contribution in [0.4, 0.5) is 0 Å². The third kappa shape index (κ3) is 4.51. The fourth-order valence-electron chi connectivity index (χ4n) is 3.57. The van der Waals surface area contributed by atoms with E-state index in [1.54, 1.807) is 17.4 Å². The Balaban J connectivity index is 1.93. The number of hydrogen-bond donors (Lipinski definition) is 1. The van der Waals surface area contributed by atoms with Crippen LogP contribution in [0.1, 0.15) is 56.4 Å². The third-order valence-electron chi connectivity index (χ3n) is 5.10. The van der Waals surface area contributed by atoms with Crippen LogP contribution in [0.15, 0.2) is 22.6 Å². The second-order valence-electron chi connectivity index (χ2n) is 7.24. The Hall–Kier alpha value is -1.60. The van der Waals surface area contributed by atoms with Crippen molar-refractivity contribution in [1.82, 2.24) is 14.9 Å². The van der Waals surface area contributed by atoms with E-state index in [-0.39, 0.29) is 16.7 Å². The smallest absolute Gasteiger partial charge is 0.263 e. The second-order valence-corrected chi connectivity index (χ2v) is 9.63. The average molecular weight is 420 g/mol. The molecular formula is C21H29N3O2S2. The van der Waals surface area contributed by atoms with Crippen LogP contribution in [-0.4, -0.2) is 27.3 Å². The highest BCUT2D eigenvalue weighted by molar-refractivity contribution is 8.00. The van der Waals surface area contributed by atoms with Crippen molar-refractivity contribution in [2.45, 2.75) is 75.7 Å². The summed E-state index contributed by atoms with van der Waals surface area (Å²) in [5.41, 5.74) is 1.29. The minimum absolute atomic E-state index is 0.0644.